The monoisotopic (exact) mass is 615 g/mol. The Morgan fingerprint density at radius 2 is 1.45 bits per heavy atom. The standard InChI is InChI=1S/C29H33N3O8S2/c1-20-8-12-24(13-9-20)41(35,36)39-19-23(40-42(37,38)25-14-10-21(2)11-15-25)16-17-32-28(33)26(18-30)27(31-29(32)34)22-6-4-3-5-7-22/h8-15,22-23H,3-7,16-17,19H2,1-2H3,(H,31,34). The molecular formula is C29H33N3O8S2. The molecule has 3 aromatic rings. The summed E-state index contributed by atoms with van der Waals surface area (Å²) in [7, 11) is -8.65. The van der Waals surface area contributed by atoms with Gasteiger partial charge in [-0.3, -0.25) is 17.7 Å². The predicted molar refractivity (Wildman–Crippen MR) is 154 cm³/mol. The molecule has 1 aliphatic carbocycles. The third-order valence-electron chi connectivity index (χ3n) is 7.31. The lowest BCUT2D eigenvalue weighted by molar-refractivity contribution is 0.125. The molecule has 0 saturated heterocycles. The Kier molecular flexibility index (Phi) is 9.83. The van der Waals surface area contributed by atoms with Crippen molar-refractivity contribution >= 4 is 20.2 Å². The second-order valence-electron chi connectivity index (χ2n) is 10.4. The summed E-state index contributed by atoms with van der Waals surface area (Å²) in [5.74, 6) is -0.0976. The first-order valence-corrected chi connectivity index (χ1v) is 16.5. The number of benzene rings is 2. The number of rotatable bonds is 11. The number of aromatic amines is 1. The van der Waals surface area contributed by atoms with Gasteiger partial charge in [0.25, 0.3) is 25.8 Å². The number of nitrogens with one attached hydrogen (secondary N) is 1. The molecule has 1 N–H and O–H groups in total. The van der Waals surface area contributed by atoms with Crippen LogP contribution >= 0.6 is 0 Å². The summed E-state index contributed by atoms with van der Waals surface area (Å²) in [5, 5.41) is 9.74. The Morgan fingerprint density at radius 1 is 0.905 bits per heavy atom. The maximum atomic E-state index is 13.2. The van der Waals surface area contributed by atoms with Crippen molar-refractivity contribution in [1.82, 2.24) is 9.55 Å². The lowest BCUT2D eigenvalue weighted by Crippen LogP contribution is -2.40. The topological polar surface area (TPSA) is 165 Å². The minimum absolute atomic E-state index is 0.0976. The fourth-order valence-corrected chi connectivity index (χ4v) is 6.93. The molecule has 0 aliphatic heterocycles. The molecule has 1 heterocycles. The fraction of sp³-hybridized carbons (Fsp3) is 0.414. The highest BCUT2D eigenvalue weighted by molar-refractivity contribution is 7.87. The van der Waals surface area contributed by atoms with Crippen LogP contribution in [0, 0.1) is 25.2 Å². The van der Waals surface area contributed by atoms with E-state index in [1.807, 2.05) is 6.07 Å². The van der Waals surface area contributed by atoms with Crippen LogP contribution in [0.3, 0.4) is 0 Å². The largest absolute Gasteiger partial charge is 0.328 e. The molecule has 42 heavy (non-hydrogen) atoms. The number of aromatic nitrogens is 2. The average molecular weight is 616 g/mol. The normalized spacial score (nSPS) is 15.3. The lowest BCUT2D eigenvalue weighted by Gasteiger charge is -2.23. The molecule has 0 amide bonds. The van der Waals surface area contributed by atoms with Crippen molar-refractivity contribution in [2.45, 2.75) is 80.7 Å². The smallest absolute Gasteiger partial charge is 0.309 e. The van der Waals surface area contributed by atoms with Crippen LogP contribution in [0.1, 0.15) is 66.8 Å². The van der Waals surface area contributed by atoms with Crippen molar-refractivity contribution in [3.63, 3.8) is 0 Å². The van der Waals surface area contributed by atoms with Gasteiger partial charge in [0.2, 0.25) is 0 Å². The second-order valence-corrected chi connectivity index (χ2v) is 13.6. The minimum atomic E-state index is -4.37. The highest BCUT2D eigenvalue weighted by atomic mass is 32.2. The molecule has 1 aliphatic rings. The van der Waals surface area contributed by atoms with Gasteiger partial charge in [0.05, 0.1) is 16.4 Å². The summed E-state index contributed by atoms with van der Waals surface area (Å²) in [6.45, 7) is 2.52. The molecular weight excluding hydrogens is 582 g/mol. The zero-order valence-corrected chi connectivity index (χ0v) is 25.0. The third-order valence-corrected chi connectivity index (χ3v) is 9.98. The summed E-state index contributed by atoms with van der Waals surface area (Å²) in [5.41, 5.74) is 0.279. The fourth-order valence-electron chi connectivity index (χ4n) is 4.91. The van der Waals surface area contributed by atoms with Crippen molar-refractivity contribution in [3.8, 4) is 6.07 Å². The Balaban J connectivity index is 1.60. The van der Waals surface area contributed by atoms with Gasteiger partial charge in [-0.15, -0.1) is 0 Å². The van der Waals surface area contributed by atoms with Crippen LogP contribution in [-0.2, 0) is 35.1 Å². The van der Waals surface area contributed by atoms with E-state index in [1.54, 1.807) is 38.1 Å². The Bertz CT molecular complexity index is 1780. The van der Waals surface area contributed by atoms with E-state index < -0.39 is 44.2 Å². The second kappa shape index (κ2) is 13.2. The maximum Gasteiger partial charge on any atom is 0.328 e. The molecule has 11 nitrogen and oxygen atoms in total. The number of aryl methyl sites for hydroxylation is 2. The number of hydrogen-bond acceptors (Lipinski definition) is 9. The predicted octanol–water partition coefficient (Wildman–Crippen LogP) is 3.64. The molecule has 1 atom stereocenters. The number of H-pyrrole nitrogens is 1. The molecule has 0 radical (unpaired) electrons. The molecule has 1 fully saturated rings. The highest BCUT2D eigenvalue weighted by Gasteiger charge is 2.27. The van der Waals surface area contributed by atoms with E-state index in [2.05, 4.69) is 4.98 Å². The Labute approximate surface area is 245 Å². The summed E-state index contributed by atoms with van der Waals surface area (Å²) in [6.07, 6.45) is 2.74. The van der Waals surface area contributed by atoms with Crippen LogP contribution in [0.25, 0.3) is 0 Å². The molecule has 2 aromatic carbocycles. The van der Waals surface area contributed by atoms with Gasteiger partial charge in [-0.25, -0.2) is 4.79 Å². The molecule has 0 bridgehead atoms. The molecule has 4 rings (SSSR count). The van der Waals surface area contributed by atoms with Gasteiger partial charge in [0.15, 0.2) is 0 Å². The summed E-state index contributed by atoms with van der Waals surface area (Å²) in [6, 6.07) is 13.7. The van der Waals surface area contributed by atoms with Gasteiger partial charge in [-0.1, -0.05) is 54.7 Å². The first kappa shape index (κ1) is 31.4. The van der Waals surface area contributed by atoms with E-state index in [-0.39, 0.29) is 34.2 Å². The Morgan fingerprint density at radius 3 is 2.00 bits per heavy atom. The van der Waals surface area contributed by atoms with Crippen molar-refractivity contribution in [3.05, 3.63) is 91.8 Å². The van der Waals surface area contributed by atoms with E-state index >= 15 is 0 Å². The molecule has 224 valence electrons. The zero-order valence-electron chi connectivity index (χ0n) is 23.4. The van der Waals surface area contributed by atoms with E-state index in [1.165, 1.54) is 24.3 Å². The lowest BCUT2D eigenvalue weighted by atomic mass is 9.85. The molecule has 1 saturated carbocycles. The average Bonchev–Trinajstić information content (AvgIpc) is 2.96. The summed E-state index contributed by atoms with van der Waals surface area (Å²) >= 11 is 0. The van der Waals surface area contributed by atoms with Crippen LogP contribution in [0.4, 0.5) is 0 Å². The van der Waals surface area contributed by atoms with Crippen LogP contribution in [0.2, 0.25) is 0 Å². The van der Waals surface area contributed by atoms with Gasteiger partial charge in [-0.2, -0.15) is 22.1 Å². The maximum absolute atomic E-state index is 13.2. The number of nitriles is 1. The van der Waals surface area contributed by atoms with Crippen LogP contribution in [0.5, 0.6) is 0 Å². The van der Waals surface area contributed by atoms with Crippen molar-refractivity contribution < 1.29 is 25.2 Å². The van der Waals surface area contributed by atoms with Gasteiger partial charge < -0.3 is 4.98 Å². The minimum Gasteiger partial charge on any atom is -0.309 e. The number of hydrogen-bond donors (Lipinski definition) is 1. The van der Waals surface area contributed by atoms with Crippen LogP contribution in [0.15, 0.2) is 67.9 Å². The first-order chi connectivity index (χ1) is 19.9. The van der Waals surface area contributed by atoms with Gasteiger partial charge in [0.1, 0.15) is 17.7 Å². The van der Waals surface area contributed by atoms with Crippen molar-refractivity contribution in [2.24, 2.45) is 0 Å². The molecule has 13 heteroatoms. The van der Waals surface area contributed by atoms with E-state index in [0.29, 0.717) is 5.69 Å². The van der Waals surface area contributed by atoms with Gasteiger partial charge in [-0.05, 0) is 57.4 Å². The summed E-state index contributed by atoms with van der Waals surface area (Å²) in [4.78, 5) is 28.6. The van der Waals surface area contributed by atoms with Crippen molar-refractivity contribution in [2.75, 3.05) is 6.61 Å². The number of nitrogens with zero attached hydrogens (tertiary/aromatic N) is 2. The first-order valence-electron chi connectivity index (χ1n) is 13.6. The Hall–Kier alpha value is -3.57. The molecule has 0 spiro atoms. The van der Waals surface area contributed by atoms with Gasteiger partial charge >= 0.3 is 5.69 Å². The van der Waals surface area contributed by atoms with Crippen molar-refractivity contribution in [1.29, 1.82) is 5.26 Å². The SMILES string of the molecule is Cc1ccc(S(=O)(=O)OCC(CCn2c(=O)[nH]c(C3CCCCC3)c(C#N)c2=O)OS(=O)(=O)c2ccc(C)cc2)cc1. The zero-order chi connectivity index (χ0) is 30.5. The van der Waals surface area contributed by atoms with Gasteiger partial charge in [0, 0.05) is 18.2 Å². The van der Waals surface area contributed by atoms with E-state index in [9.17, 15) is 31.7 Å². The molecule has 1 unspecified atom stereocenters. The van der Waals surface area contributed by atoms with Crippen LogP contribution in [-0.4, -0.2) is 39.1 Å². The van der Waals surface area contributed by atoms with E-state index in [0.717, 1.165) is 47.8 Å². The highest BCUT2D eigenvalue weighted by Crippen LogP contribution is 2.32. The quantitative estimate of drug-likeness (QED) is 0.317. The van der Waals surface area contributed by atoms with E-state index in [4.69, 9.17) is 8.37 Å². The van der Waals surface area contributed by atoms with Crippen LogP contribution < -0.4 is 11.2 Å². The summed E-state index contributed by atoms with van der Waals surface area (Å²) < 4.78 is 63.0. The third kappa shape index (κ3) is 7.43. The molecule has 1 aromatic heterocycles.